The maximum Gasteiger partial charge on any atom is 0.336 e. The monoisotopic (exact) mass is 276 g/mol. The Bertz CT molecular complexity index is 438. The van der Waals surface area contributed by atoms with Crippen molar-refractivity contribution in [2.45, 2.75) is 38.1 Å². The highest BCUT2D eigenvalue weighted by atomic mass is 16.2. The SMILES string of the molecule is CN(C)c1ccc(NC(=O)N(N)C2CCCCC2)cc1. The van der Waals surface area contributed by atoms with Crippen molar-refractivity contribution in [3.8, 4) is 0 Å². The number of nitrogens with one attached hydrogen (secondary N) is 1. The van der Waals surface area contributed by atoms with E-state index in [4.69, 9.17) is 5.84 Å². The molecule has 20 heavy (non-hydrogen) atoms. The van der Waals surface area contributed by atoms with Crippen LogP contribution in [0.3, 0.4) is 0 Å². The van der Waals surface area contributed by atoms with Gasteiger partial charge < -0.3 is 10.2 Å². The van der Waals surface area contributed by atoms with Gasteiger partial charge in [0, 0.05) is 31.5 Å². The van der Waals surface area contributed by atoms with Crippen molar-refractivity contribution < 1.29 is 4.79 Å². The second-order valence-corrected chi connectivity index (χ2v) is 5.57. The van der Waals surface area contributed by atoms with Crippen LogP contribution in [0.4, 0.5) is 16.2 Å². The van der Waals surface area contributed by atoms with Crippen molar-refractivity contribution in [2.75, 3.05) is 24.3 Å². The van der Waals surface area contributed by atoms with Crippen LogP contribution in [0.15, 0.2) is 24.3 Å². The fraction of sp³-hybridized carbons (Fsp3) is 0.533. The first-order chi connectivity index (χ1) is 9.58. The van der Waals surface area contributed by atoms with Crippen LogP contribution >= 0.6 is 0 Å². The highest BCUT2D eigenvalue weighted by Crippen LogP contribution is 2.22. The van der Waals surface area contributed by atoms with Gasteiger partial charge in [-0.05, 0) is 37.1 Å². The zero-order chi connectivity index (χ0) is 14.5. The molecule has 5 nitrogen and oxygen atoms in total. The molecule has 0 heterocycles. The zero-order valence-corrected chi connectivity index (χ0v) is 12.3. The Kier molecular flexibility index (Phi) is 4.84. The summed E-state index contributed by atoms with van der Waals surface area (Å²) in [6, 6.07) is 7.66. The Labute approximate surface area is 120 Å². The highest BCUT2D eigenvalue weighted by molar-refractivity contribution is 5.89. The van der Waals surface area contributed by atoms with Crippen LogP contribution in [0.1, 0.15) is 32.1 Å². The largest absolute Gasteiger partial charge is 0.378 e. The summed E-state index contributed by atoms with van der Waals surface area (Å²) < 4.78 is 0. The topological polar surface area (TPSA) is 61.6 Å². The Morgan fingerprint density at radius 3 is 2.30 bits per heavy atom. The molecule has 0 unspecified atom stereocenters. The molecule has 0 radical (unpaired) electrons. The zero-order valence-electron chi connectivity index (χ0n) is 12.3. The highest BCUT2D eigenvalue weighted by Gasteiger charge is 2.22. The summed E-state index contributed by atoms with van der Waals surface area (Å²) in [5.74, 6) is 5.93. The first-order valence-corrected chi connectivity index (χ1v) is 7.20. The molecule has 0 saturated heterocycles. The van der Waals surface area contributed by atoms with Crippen LogP contribution in [0, 0.1) is 0 Å². The first-order valence-electron chi connectivity index (χ1n) is 7.20. The van der Waals surface area contributed by atoms with Crippen molar-refractivity contribution in [3.63, 3.8) is 0 Å². The number of rotatable bonds is 3. The number of nitrogens with two attached hydrogens (primary N) is 1. The van der Waals surface area contributed by atoms with Crippen molar-refractivity contribution >= 4 is 17.4 Å². The normalized spacial score (nSPS) is 15.8. The van der Waals surface area contributed by atoms with E-state index in [0.717, 1.165) is 37.1 Å². The summed E-state index contributed by atoms with van der Waals surface area (Å²) in [6.07, 6.45) is 5.57. The Hall–Kier alpha value is -1.75. The third-order valence-corrected chi connectivity index (χ3v) is 3.84. The summed E-state index contributed by atoms with van der Waals surface area (Å²) in [4.78, 5) is 14.1. The van der Waals surface area contributed by atoms with E-state index >= 15 is 0 Å². The van der Waals surface area contributed by atoms with E-state index in [0.29, 0.717) is 0 Å². The van der Waals surface area contributed by atoms with Crippen molar-refractivity contribution in [2.24, 2.45) is 5.84 Å². The molecule has 1 aromatic rings. The minimum absolute atomic E-state index is 0.171. The summed E-state index contributed by atoms with van der Waals surface area (Å²) in [5, 5.41) is 4.21. The van der Waals surface area contributed by atoms with E-state index in [1.54, 1.807) is 0 Å². The molecule has 0 aromatic heterocycles. The molecule has 0 aliphatic heterocycles. The average molecular weight is 276 g/mol. The molecule has 0 bridgehead atoms. The van der Waals surface area contributed by atoms with Gasteiger partial charge in [-0.25, -0.2) is 10.6 Å². The molecule has 110 valence electrons. The lowest BCUT2D eigenvalue weighted by Crippen LogP contribution is -2.48. The van der Waals surface area contributed by atoms with E-state index in [9.17, 15) is 4.79 Å². The second-order valence-electron chi connectivity index (χ2n) is 5.57. The first kappa shape index (κ1) is 14.7. The van der Waals surface area contributed by atoms with E-state index in [2.05, 4.69) is 5.32 Å². The molecule has 1 fully saturated rings. The Balaban J connectivity index is 1.92. The third-order valence-electron chi connectivity index (χ3n) is 3.84. The number of hydrogen-bond acceptors (Lipinski definition) is 3. The minimum Gasteiger partial charge on any atom is -0.378 e. The van der Waals surface area contributed by atoms with Crippen LogP contribution < -0.4 is 16.1 Å². The predicted octanol–water partition coefficient (Wildman–Crippen LogP) is 2.79. The summed E-state index contributed by atoms with van der Waals surface area (Å²) in [6.45, 7) is 0. The van der Waals surface area contributed by atoms with Gasteiger partial charge in [0.25, 0.3) is 0 Å². The molecule has 1 saturated carbocycles. The molecular formula is C15H24N4O. The summed E-state index contributed by atoms with van der Waals surface area (Å²) in [7, 11) is 3.97. The molecule has 0 spiro atoms. The lowest BCUT2D eigenvalue weighted by molar-refractivity contribution is 0.169. The van der Waals surface area contributed by atoms with E-state index < -0.39 is 0 Å². The summed E-state index contributed by atoms with van der Waals surface area (Å²) >= 11 is 0. The number of carbonyl (C=O) groups is 1. The number of nitrogens with zero attached hydrogens (tertiary/aromatic N) is 2. The molecule has 0 atom stereocenters. The molecule has 3 N–H and O–H groups in total. The van der Waals surface area contributed by atoms with Crippen LogP contribution in [-0.2, 0) is 0 Å². The molecule has 1 aliphatic rings. The van der Waals surface area contributed by atoms with Gasteiger partial charge in [0.2, 0.25) is 0 Å². The van der Waals surface area contributed by atoms with E-state index in [1.165, 1.54) is 11.4 Å². The van der Waals surface area contributed by atoms with Gasteiger partial charge in [0.15, 0.2) is 0 Å². The van der Waals surface area contributed by atoms with Crippen LogP contribution in [0.5, 0.6) is 0 Å². The number of carbonyl (C=O) groups excluding carboxylic acids is 1. The standard InChI is InChI=1S/C15H24N4O/c1-18(2)13-10-8-12(9-11-13)17-15(20)19(16)14-6-4-3-5-7-14/h8-11,14H,3-7,16H2,1-2H3,(H,17,20). The predicted molar refractivity (Wildman–Crippen MR) is 82.7 cm³/mol. The number of urea groups is 1. The minimum atomic E-state index is -0.227. The van der Waals surface area contributed by atoms with Crippen molar-refractivity contribution in [1.82, 2.24) is 5.01 Å². The Morgan fingerprint density at radius 1 is 1.15 bits per heavy atom. The second kappa shape index (κ2) is 6.61. The third kappa shape index (κ3) is 3.63. The molecular weight excluding hydrogens is 252 g/mol. The fourth-order valence-corrected chi connectivity index (χ4v) is 2.56. The van der Waals surface area contributed by atoms with Gasteiger partial charge in [-0.2, -0.15) is 0 Å². The maximum absolute atomic E-state index is 12.1. The van der Waals surface area contributed by atoms with Crippen molar-refractivity contribution in [1.29, 1.82) is 0 Å². The van der Waals surface area contributed by atoms with Gasteiger partial charge in [-0.3, -0.25) is 5.01 Å². The van der Waals surface area contributed by atoms with Gasteiger partial charge in [0.05, 0.1) is 0 Å². The smallest absolute Gasteiger partial charge is 0.336 e. The quantitative estimate of drug-likeness (QED) is 0.507. The fourth-order valence-electron chi connectivity index (χ4n) is 2.56. The number of benzene rings is 1. The molecule has 1 aliphatic carbocycles. The lowest BCUT2D eigenvalue weighted by atomic mass is 9.95. The number of anilines is 2. The van der Waals surface area contributed by atoms with E-state index in [1.807, 2.05) is 43.3 Å². The maximum atomic E-state index is 12.1. The summed E-state index contributed by atoms with van der Waals surface area (Å²) in [5.41, 5.74) is 1.87. The molecule has 1 aromatic carbocycles. The van der Waals surface area contributed by atoms with Gasteiger partial charge in [-0.1, -0.05) is 19.3 Å². The average Bonchev–Trinajstić information content (AvgIpc) is 2.48. The Morgan fingerprint density at radius 2 is 1.75 bits per heavy atom. The number of amides is 2. The molecule has 5 heteroatoms. The lowest BCUT2D eigenvalue weighted by Gasteiger charge is -2.30. The van der Waals surface area contributed by atoms with Crippen LogP contribution in [-0.4, -0.2) is 31.2 Å². The van der Waals surface area contributed by atoms with E-state index in [-0.39, 0.29) is 12.1 Å². The number of hydrazine groups is 1. The number of hydrogen-bond donors (Lipinski definition) is 2. The van der Waals surface area contributed by atoms with Gasteiger partial charge >= 0.3 is 6.03 Å². The van der Waals surface area contributed by atoms with Gasteiger partial charge in [0.1, 0.15) is 0 Å². The van der Waals surface area contributed by atoms with Gasteiger partial charge in [-0.15, -0.1) is 0 Å². The van der Waals surface area contributed by atoms with Crippen LogP contribution in [0.2, 0.25) is 0 Å². The van der Waals surface area contributed by atoms with Crippen LogP contribution in [0.25, 0.3) is 0 Å². The molecule has 2 rings (SSSR count). The molecule has 2 amide bonds. The van der Waals surface area contributed by atoms with Crippen molar-refractivity contribution in [3.05, 3.63) is 24.3 Å².